The standard InChI is InChI=1S/C19H38N2/c1-2-3-4-5-10-15-20-18-19(13-8-6-9-14-19)21-16-11-7-12-17-21/h20H,2-18H2,1H3. The van der Waals surface area contributed by atoms with Gasteiger partial charge in [0.1, 0.15) is 0 Å². The van der Waals surface area contributed by atoms with E-state index >= 15 is 0 Å². The highest BCUT2D eigenvalue weighted by atomic mass is 15.2. The molecule has 0 aromatic rings. The van der Waals surface area contributed by atoms with Crippen molar-refractivity contribution in [2.45, 2.75) is 95.9 Å². The summed E-state index contributed by atoms with van der Waals surface area (Å²) >= 11 is 0. The number of likely N-dealkylation sites (tertiary alicyclic amines) is 1. The Kier molecular flexibility index (Phi) is 8.10. The van der Waals surface area contributed by atoms with Gasteiger partial charge in [0.15, 0.2) is 0 Å². The molecule has 1 aliphatic carbocycles. The van der Waals surface area contributed by atoms with Gasteiger partial charge in [-0.3, -0.25) is 4.90 Å². The van der Waals surface area contributed by atoms with Crippen LogP contribution in [-0.4, -0.2) is 36.6 Å². The molecule has 0 bridgehead atoms. The molecule has 1 N–H and O–H groups in total. The molecule has 0 aromatic carbocycles. The number of piperidine rings is 1. The first-order valence-corrected chi connectivity index (χ1v) is 9.83. The molecule has 21 heavy (non-hydrogen) atoms. The van der Waals surface area contributed by atoms with E-state index in [0.29, 0.717) is 5.54 Å². The van der Waals surface area contributed by atoms with Gasteiger partial charge in [0, 0.05) is 12.1 Å². The van der Waals surface area contributed by atoms with Gasteiger partial charge < -0.3 is 5.32 Å². The third-order valence-corrected chi connectivity index (χ3v) is 5.72. The molecule has 1 heterocycles. The molecule has 124 valence electrons. The minimum absolute atomic E-state index is 0.516. The summed E-state index contributed by atoms with van der Waals surface area (Å²) in [6.07, 6.45) is 18.5. The van der Waals surface area contributed by atoms with E-state index in [9.17, 15) is 0 Å². The van der Waals surface area contributed by atoms with Crippen LogP contribution in [-0.2, 0) is 0 Å². The summed E-state index contributed by atoms with van der Waals surface area (Å²) in [7, 11) is 0. The van der Waals surface area contributed by atoms with Gasteiger partial charge in [0.25, 0.3) is 0 Å². The van der Waals surface area contributed by atoms with E-state index in [0.717, 1.165) is 0 Å². The molecular formula is C19H38N2. The zero-order chi connectivity index (χ0) is 14.8. The molecule has 0 radical (unpaired) electrons. The lowest BCUT2D eigenvalue weighted by Gasteiger charge is -2.48. The minimum atomic E-state index is 0.516. The van der Waals surface area contributed by atoms with Gasteiger partial charge in [-0.2, -0.15) is 0 Å². The Bertz CT molecular complexity index is 252. The SMILES string of the molecule is CCCCCCCNCC1(N2CCCCC2)CCCCC1. The first-order chi connectivity index (χ1) is 10.4. The lowest BCUT2D eigenvalue weighted by atomic mass is 9.79. The van der Waals surface area contributed by atoms with Gasteiger partial charge >= 0.3 is 0 Å². The van der Waals surface area contributed by atoms with Crippen molar-refractivity contribution < 1.29 is 0 Å². The average Bonchev–Trinajstić information content (AvgIpc) is 2.56. The van der Waals surface area contributed by atoms with Crippen molar-refractivity contribution in [3.63, 3.8) is 0 Å². The van der Waals surface area contributed by atoms with Crippen molar-refractivity contribution in [1.82, 2.24) is 10.2 Å². The average molecular weight is 295 g/mol. The van der Waals surface area contributed by atoms with Crippen LogP contribution in [0.4, 0.5) is 0 Å². The summed E-state index contributed by atoms with van der Waals surface area (Å²) in [4.78, 5) is 2.86. The zero-order valence-corrected chi connectivity index (χ0v) is 14.5. The summed E-state index contributed by atoms with van der Waals surface area (Å²) in [6, 6.07) is 0. The Morgan fingerprint density at radius 3 is 2.19 bits per heavy atom. The van der Waals surface area contributed by atoms with Crippen molar-refractivity contribution in [2.75, 3.05) is 26.2 Å². The van der Waals surface area contributed by atoms with Crippen LogP contribution in [0.3, 0.4) is 0 Å². The van der Waals surface area contributed by atoms with Crippen LogP contribution in [0.15, 0.2) is 0 Å². The van der Waals surface area contributed by atoms with Crippen LogP contribution < -0.4 is 5.32 Å². The van der Waals surface area contributed by atoms with Crippen LogP contribution in [0.2, 0.25) is 0 Å². The molecule has 0 spiro atoms. The predicted octanol–water partition coefficient (Wildman–Crippen LogP) is 4.74. The van der Waals surface area contributed by atoms with Crippen molar-refractivity contribution in [2.24, 2.45) is 0 Å². The Balaban J connectivity index is 1.71. The molecular weight excluding hydrogens is 256 g/mol. The lowest BCUT2D eigenvalue weighted by molar-refractivity contribution is 0.0336. The van der Waals surface area contributed by atoms with Crippen LogP contribution >= 0.6 is 0 Å². The second-order valence-corrected chi connectivity index (χ2v) is 7.42. The molecule has 2 fully saturated rings. The first kappa shape index (κ1) is 17.3. The molecule has 2 aliphatic rings. The van der Waals surface area contributed by atoms with Crippen molar-refractivity contribution >= 4 is 0 Å². The molecule has 0 atom stereocenters. The molecule has 0 amide bonds. The van der Waals surface area contributed by atoms with Gasteiger partial charge in [0.05, 0.1) is 0 Å². The molecule has 0 aromatic heterocycles. The van der Waals surface area contributed by atoms with Crippen LogP contribution in [0, 0.1) is 0 Å². The molecule has 1 saturated carbocycles. The number of nitrogens with zero attached hydrogens (tertiary/aromatic N) is 1. The monoisotopic (exact) mass is 294 g/mol. The second-order valence-electron chi connectivity index (χ2n) is 7.42. The Morgan fingerprint density at radius 2 is 1.48 bits per heavy atom. The fraction of sp³-hybridized carbons (Fsp3) is 1.00. The summed E-state index contributed by atoms with van der Waals surface area (Å²) in [5, 5.41) is 3.83. The third kappa shape index (κ3) is 5.56. The predicted molar refractivity (Wildman–Crippen MR) is 92.9 cm³/mol. The van der Waals surface area contributed by atoms with Gasteiger partial charge in [-0.05, 0) is 51.7 Å². The Morgan fingerprint density at radius 1 is 0.810 bits per heavy atom. The van der Waals surface area contributed by atoms with E-state index in [-0.39, 0.29) is 0 Å². The number of unbranched alkanes of at least 4 members (excludes halogenated alkanes) is 4. The first-order valence-electron chi connectivity index (χ1n) is 9.83. The maximum Gasteiger partial charge on any atom is 0.0333 e. The van der Waals surface area contributed by atoms with Crippen molar-refractivity contribution in [3.8, 4) is 0 Å². The van der Waals surface area contributed by atoms with Crippen molar-refractivity contribution in [3.05, 3.63) is 0 Å². The normalized spacial score (nSPS) is 23.3. The van der Waals surface area contributed by atoms with Gasteiger partial charge in [-0.15, -0.1) is 0 Å². The molecule has 2 rings (SSSR count). The Labute approximate surface area is 133 Å². The fourth-order valence-corrected chi connectivity index (χ4v) is 4.36. The lowest BCUT2D eigenvalue weighted by Crippen LogP contribution is -2.57. The molecule has 1 aliphatic heterocycles. The third-order valence-electron chi connectivity index (χ3n) is 5.72. The summed E-state index contributed by atoms with van der Waals surface area (Å²) in [5.74, 6) is 0. The summed E-state index contributed by atoms with van der Waals surface area (Å²) < 4.78 is 0. The molecule has 2 nitrogen and oxygen atoms in total. The number of hydrogen-bond acceptors (Lipinski definition) is 2. The van der Waals surface area contributed by atoms with E-state index in [1.807, 2.05) is 0 Å². The highest BCUT2D eigenvalue weighted by Crippen LogP contribution is 2.35. The van der Waals surface area contributed by atoms with Crippen LogP contribution in [0.25, 0.3) is 0 Å². The zero-order valence-electron chi connectivity index (χ0n) is 14.5. The fourth-order valence-electron chi connectivity index (χ4n) is 4.36. The number of hydrogen-bond donors (Lipinski definition) is 1. The largest absolute Gasteiger partial charge is 0.315 e. The molecule has 1 saturated heterocycles. The minimum Gasteiger partial charge on any atom is -0.315 e. The highest BCUT2D eigenvalue weighted by Gasteiger charge is 2.37. The molecule has 0 unspecified atom stereocenters. The van der Waals surface area contributed by atoms with Crippen LogP contribution in [0.5, 0.6) is 0 Å². The van der Waals surface area contributed by atoms with Gasteiger partial charge in [-0.25, -0.2) is 0 Å². The quantitative estimate of drug-likeness (QED) is 0.618. The topological polar surface area (TPSA) is 15.3 Å². The maximum atomic E-state index is 3.83. The molecule has 2 heteroatoms. The van der Waals surface area contributed by atoms with E-state index in [1.165, 1.54) is 110 Å². The van der Waals surface area contributed by atoms with E-state index < -0.39 is 0 Å². The Hall–Kier alpha value is -0.0800. The second kappa shape index (κ2) is 9.84. The van der Waals surface area contributed by atoms with E-state index in [2.05, 4.69) is 17.1 Å². The maximum absolute atomic E-state index is 3.83. The number of rotatable bonds is 9. The smallest absolute Gasteiger partial charge is 0.0333 e. The summed E-state index contributed by atoms with van der Waals surface area (Å²) in [5.41, 5.74) is 0.516. The van der Waals surface area contributed by atoms with E-state index in [4.69, 9.17) is 0 Å². The van der Waals surface area contributed by atoms with Crippen molar-refractivity contribution in [1.29, 1.82) is 0 Å². The van der Waals surface area contributed by atoms with Gasteiger partial charge in [-0.1, -0.05) is 58.3 Å². The summed E-state index contributed by atoms with van der Waals surface area (Å²) in [6.45, 7) is 7.50. The highest BCUT2D eigenvalue weighted by molar-refractivity contribution is 4.96. The van der Waals surface area contributed by atoms with E-state index in [1.54, 1.807) is 0 Å². The van der Waals surface area contributed by atoms with Crippen LogP contribution in [0.1, 0.15) is 90.4 Å². The number of nitrogens with one attached hydrogen (secondary N) is 1. The van der Waals surface area contributed by atoms with Gasteiger partial charge in [0.2, 0.25) is 0 Å².